The van der Waals surface area contributed by atoms with Gasteiger partial charge >= 0.3 is 0 Å². The molecule has 18 heavy (non-hydrogen) atoms. The van der Waals surface area contributed by atoms with Crippen LogP contribution in [-0.4, -0.2) is 21.7 Å². The lowest BCUT2D eigenvalue weighted by molar-refractivity contribution is 0.295. The lowest BCUT2D eigenvalue weighted by atomic mass is 10.1. The molecule has 3 rings (SSSR count). The number of pyridine rings is 2. The van der Waals surface area contributed by atoms with Gasteiger partial charge < -0.3 is 9.84 Å². The van der Waals surface area contributed by atoms with Gasteiger partial charge in [-0.05, 0) is 36.1 Å². The van der Waals surface area contributed by atoms with Crippen molar-refractivity contribution in [2.24, 2.45) is 5.92 Å². The van der Waals surface area contributed by atoms with Crippen LogP contribution in [0.15, 0.2) is 43.0 Å². The molecule has 4 heteroatoms. The molecular weight excluding hydrogens is 228 g/mol. The Hall–Kier alpha value is -2.10. The molecule has 1 fully saturated rings. The highest BCUT2D eigenvalue weighted by Gasteiger charge is 2.39. The van der Waals surface area contributed by atoms with E-state index in [9.17, 15) is 5.11 Å². The number of hydrogen-bond donors (Lipinski definition) is 1. The van der Waals surface area contributed by atoms with Crippen molar-refractivity contribution in [2.75, 3.05) is 6.61 Å². The molecule has 1 saturated carbocycles. The molecule has 2 heterocycles. The summed E-state index contributed by atoms with van der Waals surface area (Å²) in [5.74, 6) is 2.00. The smallest absolute Gasteiger partial charge is 0.137 e. The summed E-state index contributed by atoms with van der Waals surface area (Å²) < 4.78 is 5.67. The minimum absolute atomic E-state index is 0.228. The quantitative estimate of drug-likeness (QED) is 0.894. The molecule has 1 N–H and O–H groups in total. The van der Waals surface area contributed by atoms with Gasteiger partial charge in [0.15, 0.2) is 0 Å². The second kappa shape index (κ2) is 4.64. The lowest BCUT2D eigenvalue weighted by Crippen LogP contribution is -2.01. The van der Waals surface area contributed by atoms with E-state index in [2.05, 4.69) is 9.97 Å². The highest BCUT2D eigenvalue weighted by atomic mass is 16.5. The van der Waals surface area contributed by atoms with Crippen LogP contribution in [0, 0.1) is 5.92 Å². The number of aromatic nitrogens is 2. The van der Waals surface area contributed by atoms with Crippen molar-refractivity contribution in [3.8, 4) is 11.5 Å². The van der Waals surface area contributed by atoms with E-state index in [0.29, 0.717) is 18.4 Å². The Morgan fingerprint density at radius 1 is 1.28 bits per heavy atom. The lowest BCUT2D eigenvalue weighted by Gasteiger charge is -2.05. The van der Waals surface area contributed by atoms with Crippen LogP contribution in [-0.2, 0) is 0 Å². The zero-order valence-corrected chi connectivity index (χ0v) is 9.86. The Morgan fingerprint density at radius 2 is 2.22 bits per heavy atom. The second-order valence-corrected chi connectivity index (χ2v) is 4.58. The first-order valence-electron chi connectivity index (χ1n) is 5.99. The Morgan fingerprint density at radius 3 is 3.00 bits per heavy atom. The second-order valence-electron chi connectivity index (χ2n) is 4.58. The van der Waals surface area contributed by atoms with Crippen LogP contribution in [0.5, 0.6) is 11.5 Å². The van der Waals surface area contributed by atoms with E-state index < -0.39 is 0 Å². The first-order valence-corrected chi connectivity index (χ1v) is 5.99. The highest BCUT2D eigenvalue weighted by Crippen LogP contribution is 2.47. The molecule has 2 unspecified atom stereocenters. The van der Waals surface area contributed by atoms with E-state index >= 15 is 0 Å². The van der Waals surface area contributed by atoms with Crippen LogP contribution in [0.1, 0.15) is 17.9 Å². The first kappa shape index (κ1) is 11.0. The van der Waals surface area contributed by atoms with E-state index in [4.69, 9.17) is 4.74 Å². The third kappa shape index (κ3) is 2.42. The van der Waals surface area contributed by atoms with E-state index in [-0.39, 0.29) is 5.75 Å². The van der Waals surface area contributed by atoms with Crippen molar-refractivity contribution in [1.29, 1.82) is 0 Å². The molecule has 0 saturated heterocycles. The predicted octanol–water partition coefficient (Wildman–Crippen LogP) is 2.36. The van der Waals surface area contributed by atoms with Crippen molar-refractivity contribution in [1.82, 2.24) is 9.97 Å². The summed E-state index contributed by atoms with van der Waals surface area (Å²) >= 11 is 0. The number of rotatable bonds is 4. The van der Waals surface area contributed by atoms with E-state index in [1.807, 2.05) is 18.3 Å². The molecule has 0 amide bonds. The van der Waals surface area contributed by atoms with Crippen molar-refractivity contribution in [3.05, 3.63) is 48.5 Å². The summed E-state index contributed by atoms with van der Waals surface area (Å²) in [6.07, 6.45) is 7.80. The van der Waals surface area contributed by atoms with Gasteiger partial charge in [0.1, 0.15) is 11.5 Å². The van der Waals surface area contributed by atoms with Gasteiger partial charge in [-0.1, -0.05) is 0 Å². The number of hydrogen-bond acceptors (Lipinski definition) is 4. The molecule has 1 aliphatic rings. The molecule has 0 aliphatic heterocycles. The van der Waals surface area contributed by atoms with Gasteiger partial charge in [-0.25, -0.2) is 0 Å². The maximum absolute atomic E-state index is 9.38. The number of nitrogens with zero attached hydrogens (tertiary/aromatic N) is 2. The largest absolute Gasteiger partial charge is 0.506 e. The molecule has 0 radical (unpaired) electrons. The summed E-state index contributed by atoms with van der Waals surface area (Å²) in [5.41, 5.74) is 1.09. The van der Waals surface area contributed by atoms with Crippen molar-refractivity contribution < 1.29 is 9.84 Å². The minimum Gasteiger partial charge on any atom is -0.506 e. The average Bonchev–Trinajstić information content (AvgIpc) is 3.17. The molecule has 0 aromatic carbocycles. The van der Waals surface area contributed by atoms with Crippen molar-refractivity contribution >= 4 is 0 Å². The fraction of sp³-hybridized carbons (Fsp3) is 0.286. The van der Waals surface area contributed by atoms with Gasteiger partial charge in [0.05, 0.1) is 19.0 Å². The Balaban J connectivity index is 1.56. The summed E-state index contributed by atoms with van der Waals surface area (Å²) in [5, 5.41) is 9.38. The zero-order chi connectivity index (χ0) is 12.4. The van der Waals surface area contributed by atoms with E-state index in [1.54, 1.807) is 18.5 Å². The molecule has 4 nitrogen and oxygen atoms in total. The van der Waals surface area contributed by atoms with Gasteiger partial charge in [0.25, 0.3) is 0 Å². The first-order chi connectivity index (χ1) is 8.83. The third-order valence-electron chi connectivity index (χ3n) is 3.19. The van der Waals surface area contributed by atoms with E-state index in [0.717, 1.165) is 17.7 Å². The maximum Gasteiger partial charge on any atom is 0.137 e. The Labute approximate surface area is 105 Å². The van der Waals surface area contributed by atoms with Crippen LogP contribution in [0.2, 0.25) is 0 Å². The van der Waals surface area contributed by atoms with Crippen LogP contribution < -0.4 is 4.74 Å². The molecule has 2 aromatic heterocycles. The zero-order valence-electron chi connectivity index (χ0n) is 9.86. The predicted molar refractivity (Wildman–Crippen MR) is 66.5 cm³/mol. The van der Waals surface area contributed by atoms with Gasteiger partial charge in [-0.2, -0.15) is 0 Å². The monoisotopic (exact) mass is 242 g/mol. The van der Waals surface area contributed by atoms with Gasteiger partial charge in [0, 0.05) is 18.3 Å². The van der Waals surface area contributed by atoms with Crippen LogP contribution >= 0.6 is 0 Å². The average molecular weight is 242 g/mol. The topological polar surface area (TPSA) is 55.2 Å². The summed E-state index contributed by atoms with van der Waals surface area (Å²) in [7, 11) is 0. The van der Waals surface area contributed by atoms with Crippen molar-refractivity contribution in [3.63, 3.8) is 0 Å². The molecule has 0 bridgehead atoms. The van der Waals surface area contributed by atoms with E-state index in [1.165, 1.54) is 6.20 Å². The fourth-order valence-corrected chi connectivity index (χ4v) is 2.12. The normalized spacial score (nSPS) is 21.6. The molecule has 2 aromatic rings. The van der Waals surface area contributed by atoms with Gasteiger partial charge in [-0.15, -0.1) is 0 Å². The Kier molecular flexibility index (Phi) is 2.84. The molecule has 2 atom stereocenters. The standard InChI is InChI=1S/C14H14N2O2/c17-12-4-10(6-16-7-12)14-5-11(14)9-18-13-2-1-3-15-8-13/h1-4,6-8,11,14,17H,5,9H2. The van der Waals surface area contributed by atoms with Crippen LogP contribution in [0.3, 0.4) is 0 Å². The van der Waals surface area contributed by atoms with Crippen LogP contribution in [0.25, 0.3) is 0 Å². The highest BCUT2D eigenvalue weighted by molar-refractivity contribution is 5.29. The fourth-order valence-electron chi connectivity index (χ4n) is 2.12. The molecular formula is C14H14N2O2. The summed E-state index contributed by atoms with van der Waals surface area (Å²) in [6.45, 7) is 0.687. The van der Waals surface area contributed by atoms with Crippen LogP contribution in [0.4, 0.5) is 0 Å². The third-order valence-corrected chi connectivity index (χ3v) is 3.19. The summed E-state index contributed by atoms with van der Waals surface area (Å²) in [4.78, 5) is 8.00. The minimum atomic E-state index is 0.228. The maximum atomic E-state index is 9.38. The number of ether oxygens (including phenoxy) is 1. The number of aromatic hydroxyl groups is 1. The van der Waals surface area contributed by atoms with Crippen molar-refractivity contribution in [2.45, 2.75) is 12.3 Å². The Bertz CT molecular complexity index is 530. The van der Waals surface area contributed by atoms with Gasteiger partial charge in [-0.3, -0.25) is 9.97 Å². The molecule has 1 aliphatic carbocycles. The molecule has 92 valence electrons. The summed E-state index contributed by atoms with van der Waals surface area (Å²) in [6, 6.07) is 5.54. The molecule has 0 spiro atoms. The van der Waals surface area contributed by atoms with Gasteiger partial charge in [0.2, 0.25) is 0 Å². The SMILES string of the molecule is Oc1cncc(C2CC2COc2cccnc2)c1.